The quantitative estimate of drug-likeness (QED) is 0.470. The predicted molar refractivity (Wildman–Crippen MR) is 100 cm³/mol. The summed E-state index contributed by atoms with van der Waals surface area (Å²) >= 11 is 0. The zero-order chi connectivity index (χ0) is 18.8. The second-order valence-electron chi connectivity index (χ2n) is 6.11. The third-order valence-electron chi connectivity index (χ3n) is 4.16. The summed E-state index contributed by atoms with van der Waals surface area (Å²) in [5, 5.41) is 11.8. The minimum Gasteiger partial charge on any atom is -0.481 e. The standard InChI is InChI=1S/C19H29N3O3/c1-5-9-16(20-4)19(25)22-13-8-11-15(6-2)18(22)21-14(3)10-7-12-17(23)24/h5-6,16,20H,1-2,7-13H2,3-4H3,(H,23,24)/b21-14+. The van der Waals surface area contributed by atoms with Crippen LogP contribution < -0.4 is 5.32 Å². The van der Waals surface area contributed by atoms with Crippen molar-refractivity contribution in [2.45, 2.75) is 51.5 Å². The van der Waals surface area contributed by atoms with Crippen LogP contribution in [0.1, 0.15) is 45.4 Å². The largest absolute Gasteiger partial charge is 0.481 e. The lowest BCUT2D eigenvalue weighted by Crippen LogP contribution is -2.46. The molecule has 0 aromatic carbocycles. The average molecular weight is 347 g/mol. The van der Waals surface area contributed by atoms with Crippen molar-refractivity contribution in [2.24, 2.45) is 4.99 Å². The fourth-order valence-electron chi connectivity index (χ4n) is 2.79. The lowest BCUT2D eigenvalue weighted by atomic mass is 10.0. The molecule has 1 unspecified atom stereocenters. The number of rotatable bonds is 10. The maximum atomic E-state index is 12.9. The lowest BCUT2D eigenvalue weighted by molar-refractivity contribution is -0.137. The highest BCUT2D eigenvalue weighted by Crippen LogP contribution is 2.26. The monoisotopic (exact) mass is 347 g/mol. The van der Waals surface area contributed by atoms with Crippen LogP contribution in [0.4, 0.5) is 0 Å². The average Bonchev–Trinajstić information content (AvgIpc) is 2.58. The number of carbonyl (C=O) groups excluding carboxylic acids is 1. The van der Waals surface area contributed by atoms with Crippen LogP contribution in [-0.2, 0) is 9.59 Å². The molecule has 0 radical (unpaired) electrons. The van der Waals surface area contributed by atoms with Crippen LogP contribution in [0.25, 0.3) is 0 Å². The van der Waals surface area contributed by atoms with Crippen molar-refractivity contribution in [3.05, 3.63) is 36.7 Å². The first kappa shape index (κ1) is 20.8. The van der Waals surface area contributed by atoms with E-state index in [1.54, 1.807) is 24.1 Å². The van der Waals surface area contributed by atoms with Crippen LogP contribution in [0.3, 0.4) is 0 Å². The van der Waals surface area contributed by atoms with Crippen LogP contribution in [0.5, 0.6) is 0 Å². The molecule has 0 saturated heterocycles. The van der Waals surface area contributed by atoms with Gasteiger partial charge in [0.2, 0.25) is 5.91 Å². The number of carboxylic acids is 1. The van der Waals surface area contributed by atoms with E-state index < -0.39 is 5.97 Å². The molecule has 1 heterocycles. The zero-order valence-electron chi connectivity index (χ0n) is 15.3. The van der Waals surface area contributed by atoms with Gasteiger partial charge in [-0.2, -0.15) is 0 Å². The van der Waals surface area contributed by atoms with Crippen LogP contribution in [0, 0.1) is 0 Å². The van der Waals surface area contributed by atoms with Gasteiger partial charge in [-0.05, 0) is 51.6 Å². The number of aliphatic imine (C=N–C) groups is 1. The lowest BCUT2D eigenvalue weighted by Gasteiger charge is -2.32. The van der Waals surface area contributed by atoms with Crippen LogP contribution in [0.15, 0.2) is 41.7 Å². The third-order valence-corrected chi connectivity index (χ3v) is 4.16. The van der Waals surface area contributed by atoms with Crippen LogP contribution in [0.2, 0.25) is 0 Å². The van der Waals surface area contributed by atoms with Gasteiger partial charge in [0, 0.05) is 18.7 Å². The second-order valence-corrected chi connectivity index (χ2v) is 6.11. The summed E-state index contributed by atoms with van der Waals surface area (Å²) in [6.45, 7) is 10.0. The summed E-state index contributed by atoms with van der Waals surface area (Å²) in [5.74, 6) is -0.198. The normalized spacial score (nSPS) is 16.6. The summed E-state index contributed by atoms with van der Waals surface area (Å²) in [4.78, 5) is 29.9. The molecule has 6 heteroatoms. The van der Waals surface area contributed by atoms with Crippen molar-refractivity contribution in [3.63, 3.8) is 0 Å². The molecular formula is C19H29N3O3. The SMILES string of the molecule is C=CCC(NC)C(=O)N1CCCC(C=C)=C1/N=C(\C)CCCC(=O)O. The number of carbonyl (C=O) groups is 2. The highest BCUT2D eigenvalue weighted by atomic mass is 16.4. The third kappa shape index (κ3) is 6.31. The van der Waals surface area contributed by atoms with Gasteiger partial charge >= 0.3 is 5.97 Å². The molecule has 0 aliphatic carbocycles. The fraction of sp³-hybridized carbons (Fsp3) is 0.526. The molecule has 0 fully saturated rings. The zero-order valence-corrected chi connectivity index (χ0v) is 15.3. The number of nitrogens with zero attached hydrogens (tertiary/aromatic N) is 2. The highest BCUT2D eigenvalue weighted by molar-refractivity contribution is 5.87. The molecule has 138 valence electrons. The Kier molecular flexibility index (Phi) is 8.84. The van der Waals surface area contributed by atoms with Gasteiger partial charge in [-0.15, -0.1) is 6.58 Å². The van der Waals surface area contributed by atoms with E-state index in [9.17, 15) is 9.59 Å². The van der Waals surface area contributed by atoms with E-state index in [1.807, 2.05) is 6.92 Å². The van der Waals surface area contributed by atoms with Crippen LogP contribution >= 0.6 is 0 Å². The molecule has 2 N–H and O–H groups in total. The smallest absolute Gasteiger partial charge is 0.303 e. The summed E-state index contributed by atoms with van der Waals surface area (Å²) in [6.07, 6.45) is 6.96. The molecule has 1 rings (SSSR count). The van der Waals surface area contributed by atoms with E-state index in [2.05, 4.69) is 23.5 Å². The van der Waals surface area contributed by atoms with E-state index in [4.69, 9.17) is 5.11 Å². The summed E-state index contributed by atoms with van der Waals surface area (Å²) in [6, 6.07) is -0.334. The van der Waals surface area contributed by atoms with Crippen LogP contribution in [-0.4, -0.2) is 47.2 Å². The molecule has 0 bridgehead atoms. The Balaban J connectivity index is 3.03. The molecule has 1 aliphatic heterocycles. The Morgan fingerprint density at radius 2 is 2.12 bits per heavy atom. The number of likely N-dealkylation sites (N-methyl/N-ethyl adjacent to an activating group) is 1. The summed E-state index contributed by atoms with van der Waals surface area (Å²) in [7, 11) is 1.76. The van der Waals surface area contributed by atoms with Gasteiger partial charge in [-0.25, -0.2) is 4.99 Å². The molecule has 0 aromatic heterocycles. The first-order chi connectivity index (χ1) is 11.9. The van der Waals surface area contributed by atoms with Crippen molar-refractivity contribution in [2.75, 3.05) is 13.6 Å². The van der Waals surface area contributed by atoms with E-state index in [0.717, 1.165) is 24.1 Å². The molecule has 0 saturated carbocycles. The molecule has 25 heavy (non-hydrogen) atoms. The molecular weight excluding hydrogens is 318 g/mol. The van der Waals surface area contributed by atoms with E-state index in [0.29, 0.717) is 31.6 Å². The topological polar surface area (TPSA) is 82.0 Å². The highest BCUT2D eigenvalue weighted by Gasteiger charge is 2.28. The minimum absolute atomic E-state index is 0.0291. The Bertz CT molecular complexity index is 578. The Morgan fingerprint density at radius 3 is 2.68 bits per heavy atom. The fourth-order valence-corrected chi connectivity index (χ4v) is 2.79. The van der Waals surface area contributed by atoms with Gasteiger partial charge in [-0.1, -0.05) is 18.7 Å². The Morgan fingerprint density at radius 1 is 1.40 bits per heavy atom. The molecule has 1 aliphatic rings. The number of nitrogens with one attached hydrogen (secondary N) is 1. The van der Waals surface area contributed by atoms with Gasteiger partial charge in [0.1, 0.15) is 5.82 Å². The van der Waals surface area contributed by atoms with Crippen molar-refractivity contribution >= 4 is 17.6 Å². The number of hydrogen-bond donors (Lipinski definition) is 2. The van der Waals surface area contributed by atoms with E-state index in [-0.39, 0.29) is 18.4 Å². The van der Waals surface area contributed by atoms with Gasteiger partial charge < -0.3 is 10.4 Å². The van der Waals surface area contributed by atoms with Crippen molar-refractivity contribution in [1.29, 1.82) is 0 Å². The number of allylic oxidation sites excluding steroid dienone is 2. The van der Waals surface area contributed by atoms with Gasteiger partial charge in [0.25, 0.3) is 0 Å². The van der Waals surface area contributed by atoms with Gasteiger partial charge in [-0.3, -0.25) is 14.5 Å². The number of amides is 1. The number of aliphatic carboxylic acids is 1. The first-order valence-electron chi connectivity index (χ1n) is 8.65. The Hall–Kier alpha value is -2.21. The number of hydrogen-bond acceptors (Lipinski definition) is 4. The van der Waals surface area contributed by atoms with E-state index in [1.165, 1.54) is 0 Å². The van der Waals surface area contributed by atoms with Crippen molar-refractivity contribution < 1.29 is 14.7 Å². The summed E-state index contributed by atoms with van der Waals surface area (Å²) in [5.41, 5.74) is 1.77. The molecule has 1 atom stereocenters. The molecule has 1 amide bonds. The number of carboxylic acid groups (broad SMARTS) is 1. The van der Waals surface area contributed by atoms with E-state index >= 15 is 0 Å². The maximum Gasteiger partial charge on any atom is 0.303 e. The van der Waals surface area contributed by atoms with Gasteiger partial charge in [0.05, 0.1) is 6.04 Å². The summed E-state index contributed by atoms with van der Waals surface area (Å²) < 4.78 is 0. The first-order valence-corrected chi connectivity index (χ1v) is 8.65. The van der Waals surface area contributed by atoms with Gasteiger partial charge in [0.15, 0.2) is 0 Å². The molecule has 0 aromatic rings. The predicted octanol–water partition coefficient (Wildman–Crippen LogP) is 2.89. The second kappa shape index (κ2) is 10.6. The Labute approximate surface area is 150 Å². The molecule has 0 spiro atoms. The van der Waals surface area contributed by atoms with Crippen molar-refractivity contribution in [3.8, 4) is 0 Å². The van der Waals surface area contributed by atoms with Crippen molar-refractivity contribution in [1.82, 2.24) is 10.2 Å². The maximum absolute atomic E-state index is 12.9. The molecule has 6 nitrogen and oxygen atoms in total. The minimum atomic E-state index is -0.811.